The molecule has 0 aromatic heterocycles. The van der Waals surface area contributed by atoms with E-state index in [0.29, 0.717) is 29.0 Å². The van der Waals surface area contributed by atoms with Gasteiger partial charge in [-0.3, -0.25) is 9.69 Å². The molecule has 1 aromatic rings. The predicted octanol–water partition coefficient (Wildman–Crippen LogP) is 4.73. The van der Waals surface area contributed by atoms with Crippen LogP contribution < -0.4 is 14.8 Å². The Morgan fingerprint density at radius 2 is 1.97 bits per heavy atom. The molecule has 1 aromatic carbocycles. The lowest BCUT2D eigenvalue weighted by atomic mass is 9.85. The highest BCUT2D eigenvalue weighted by Crippen LogP contribution is 2.31. The molecule has 1 saturated carbocycles. The molecule has 0 radical (unpaired) electrons. The molecule has 1 atom stereocenters. The molecule has 2 fully saturated rings. The minimum atomic E-state index is -0.0464. The van der Waals surface area contributed by atoms with Crippen molar-refractivity contribution in [3.63, 3.8) is 0 Å². The third-order valence-corrected chi connectivity index (χ3v) is 6.80. The summed E-state index contributed by atoms with van der Waals surface area (Å²) >= 11 is 0. The normalized spacial score (nSPS) is 22.5. The van der Waals surface area contributed by atoms with Crippen molar-refractivity contribution in [3.8, 4) is 11.5 Å². The van der Waals surface area contributed by atoms with E-state index >= 15 is 0 Å². The first-order chi connectivity index (χ1) is 15.0. The number of benzene rings is 1. The number of amides is 1. The van der Waals surface area contributed by atoms with Gasteiger partial charge < -0.3 is 14.8 Å². The smallest absolute Gasteiger partial charge is 0.255 e. The molecule has 1 amide bonds. The molecular formula is C26H36N2O3. The Labute approximate surface area is 186 Å². The Balaban J connectivity index is 1.31. The molecule has 0 unspecified atom stereocenters. The molecule has 168 valence electrons. The van der Waals surface area contributed by atoms with Crippen molar-refractivity contribution in [2.75, 3.05) is 26.7 Å². The lowest BCUT2D eigenvalue weighted by molar-refractivity contribution is 0.0913. The van der Waals surface area contributed by atoms with Crippen molar-refractivity contribution in [1.82, 2.24) is 10.2 Å². The number of nitrogens with zero attached hydrogens (tertiary/aromatic N) is 1. The van der Waals surface area contributed by atoms with E-state index in [2.05, 4.69) is 29.8 Å². The minimum absolute atomic E-state index is 0.0464. The van der Waals surface area contributed by atoms with Gasteiger partial charge in [-0.15, -0.1) is 0 Å². The first kappa shape index (κ1) is 21.9. The summed E-state index contributed by atoms with van der Waals surface area (Å²) in [6, 6.07) is 5.81. The average molecular weight is 425 g/mol. The summed E-state index contributed by atoms with van der Waals surface area (Å²) in [4.78, 5) is 15.2. The topological polar surface area (TPSA) is 50.8 Å². The Morgan fingerprint density at radius 3 is 2.58 bits per heavy atom. The first-order valence-electron chi connectivity index (χ1n) is 11.7. The number of hydrogen-bond donors (Lipinski definition) is 1. The van der Waals surface area contributed by atoms with Crippen LogP contribution in [0.5, 0.6) is 11.5 Å². The molecule has 1 N–H and O–H groups in total. The number of likely N-dealkylation sites (tertiary alicyclic amines) is 1. The maximum atomic E-state index is 12.6. The highest BCUT2D eigenvalue weighted by molar-refractivity contribution is 5.97. The maximum absolute atomic E-state index is 12.6. The Kier molecular flexibility index (Phi) is 7.01. The van der Waals surface area contributed by atoms with Gasteiger partial charge in [-0.2, -0.15) is 0 Å². The second-order valence-electron chi connectivity index (χ2n) is 9.38. The number of ether oxygens (including phenoxy) is 2. The van der Waals surface area contributed by atoms with Crippen LogP contribution in [0.4, 0.5) is 0 Å². The Bertz CT molecular complexity index is 835. The fourth-order valence-electron chi connectivity index (χ4n) is 4.54. The second kappa shape index (κ2) is 9.90. The molecule has 4 rings (SSSR count). The fraction of sp³-hybridized carbons (Fsp3) is 0.577. The van der Waals surface area contributed by atoms with E-state index in [1.54, 1.807) is 12.7 Å². The van der Waals surface area contributed by atoms with Crippen molar-refractivity contribution in [2.45, 2.75) is 64.0 Å². The van der Waals surface area contributed by atoms with Gasteiger partial charge in [-0.05, 0) is 69.9 Å². The number of carbonyl (C=O) groups excluding carboxylic acids is 1. The van der Waals surface area contributed by atoms with Crippen LogP contribution in [0.1, 0.15) is 62.2 Å². The van der Waals surface area contributed by atoms with E-state index < -0.39 is 0 Å². The average Bonchev–Trinajstić information content (AvgIpc) is 3.59. The molecule has 3 aliphatic rings. The van der Waals surface area contributed by atoms with Crippen molar-refractivity contribution < 1.29 is 14.3 Å². The zero-order valence-corrected chi connectivity index (χ0v) is 19.0. The molecule has 31 heavy (non-hydrogen) atoms. The monoisotopic (exact) mass is 424 g/mol. The molecule has 1 saturated heterocycles. The Hall–Kier alpha value is -2.27. The molecule has 1 heterocycles. The number of hydrogen-bond acceptors (Lipinski definition) is 4. The van der Waals surface area contributed by atoms with Crippen LogP contribution >= 0.6 is 0 Å². The summed E-state index contributed by atoms with van der Waals surface area (Å²) in [6.45, 7) is 9.40. The molecular weight excluding hydrogens is 388 g/mol. The largest absolute Gasteiger partial charge is 0.497 e. The third kappa shape index (κ3) is 5.91. The van der Waals surface area contributed by atoms with Gasteiger partial charge in [0, 0.05) is 31.7 Å². The number of methoxy groups -OCH3 is 1. The highest BCUT2D eigenvalue weighted by Gasteiger charge is 2.27. The molecule has 0 spiro atoms. The third-order valence-electron chi connectivity index (χ3n) is 6.80. The summed E-state index contributed by atoms with van der Waals surface area (Å²) in [7, 11) is 1.64. The molecule has 0 bridgehead atoms. The van der Waals surface area contributed by atoms with E-state index in [-0.39, 0.29) is 12.0 Å². The predicted molar refractivity (Wildman–Crippen MR) is 124 cm³/mol. The summed E-state index contributed by atoms with van der Waals surface area (Å²) in [5.41, 5.74) is 3.49. The van der Waals surface area contributed by atoms with Gasteiger partial charge in [0.05, 0.1) is 12.7 Å². The number of piperidine rings is 1. The Morgan fingerprint density at radius 1 is 1.19 bits per heavy atom. The summed E-state index contributed by atoms with van der Waals surface area (Å²) in [6.07, 6.45) is 10.2. The first-order valence-corrected chi connectivity index (χ1v) is 11.7. The van der Waals surface area contributed by atoms with Crippen LogP contribution in [0.25, 0.3) is 0 Å². The van der Waals surface area contributed by atoms with Gasteiger partial charge >= 0.3 is 0 Å². The van der Waals surface area contributed by atoms with Crippen LogP contribution in [0.2, 0.25) is 0 Å². The zero-order chi connectivity index (χ0) is 21.8. The lowest BCUT2D eigenvalue weighted by Crippen LogP contribution is -2.39. The van der Waals surface area contributed by atoms with Gasteiger partial charge in [0.25, 0.3) is 5.91 Å². The van der Waals surface area contributed by atoms with E-state index in [9.17, 15) is 4.79 Å². The standard InChI is InChI=1S/C26H36N2O3/c1-18(2)20-6-4-19(5-7-20)17-28-14-12-22(13-15-28)31-25-16-23(30-3)10-11-24(25)26(29)27-21-8-9-21/h4,10-11,16,20-22H,1,5-9,12-15,17H2,2-3H3,(H,27,29)/t20-/m1/s1. The van der Waals surface area contributed by atoms with Crippen LogP contribution in [0.15, 0.2) is 42.0 Å². The van der Waals surface area contributed by atoms with Crippen molar-refractivity contribution in [2.24, 2.45) is 5.92 Å². The molecule has 2 aliphatic carbocycles. The number of nitrogens with one attached hydrogen (secondary N) is 1. The van der Waals surface area contributed by atoms with Crippen molar-refractivity contribution in [1.29, 1.82) is 0 Å². The fourth-order valence-corrected chi connectivity index (χ4v) is 4.54. The summed E-state index contributed by atoms with van der Waals surface area (Å²) < 4.78 is 11.7. The van der Waals surface area contributed by atoms with Gasteiger partial charge in [0.2, 0.25) is 0 Å². The van der Waals surface area contributed by atoms with Gasteiger partial charge in [-0.1, -0.05) is 23.8 Å². The quantitative estimate of drug-likeness (QED) is 0.613. The number of rotatable bonds is 8. The minimum Gasteiger partial charge on any atom is -0.497 e. The molecule has 5 heteroatoms. The van der Waals surface area contributed by atoms with Gasteiger partial charge in [0.1, 0.15) is 17.6 Å². The van der Waals surface area contributed by atoms with Crippen LogP contribution in [0.3, 0.4) is 0 Å². The number of allylic oxidation sites excluding steroid dienone is 2. The maximum Gasteiger partial charge on any atom is 0.255 e. The number of carbonyl (C=O) groups is 1. The van der Waals surface area contributed by atoms with E-state index in [0.717, 1.165) is 51.7 Å². The van der Waals surface area contributed by atoms with Crippen LogP contribution in [-0.2, 0) is 0 Å². The highest BCUT2D eigenvalue weighted by atomic mass is 16.5. The molecule has 5 nitrogen and oxygen atoms in total. The lowest BCUT2D eigenvalue weighted by Gasteiger charge is -2.34. The summed E-state index contributed by atoms with van der Waals surface area (Å²) in [5.74, 6) is 1.97. The van der Waals surface area contributed by atoms with E-state index in [1.165, 1.54) is 18.4 Å². The summed E-state index contributed by atoms with van der Waals surface area (Å²) in [5, 5.41) is 3.07. The molecule has 1 aliphatic heterocycles. The SMILES string of the molecule is C=C(C)[C@@H]1CC=C(CN2CCC(Oc3cc(OC)ccc3C(=O)NC3CC3)CC2)CC1. The van der Waals surface area contributed by atoms with E-state index in [4.69, 9.17) is 9.47 Å². The second-order valence-corrected chi connectivity index (χ2v) is 9.38. The van der Waals surface area contributed by atoms with Crippen LogP contribution in [0, 0.1) is 5.92 Å². The van der Waals surface area contributed by atoms with Gasteiger partial charge in [0.15, 0.2) is 0 Å². The van der Waals surface area contributed by atoms with Gasteiger partial charge in [-0.25, -0.2) is 0 Å². The van der Waals surface area contributed by atoms with E-state index in [1.807, 2.05) is 18.2 Å². The van der Waals surface area contributed by atoms with Crippen LogP contribution in [-0.4, -0.2) is 49.7 Å². The van der Waals surface area contributed by atoms with Crippen molar-refractivity contribution in [3.05, 3.63) is 47.6 Å². The van der Waals surface area contributed by atoms with Crippen molar-refractivity contribution >= 4 is 5.91 Å². The zero-order valence-electron chi connectivity index (χ0n) is 19.0.